The maximum absolute atomic E-state index is 11.7. The van der Waals surface area contributed by atoms with Crippen LogP contribution in [0.5, 0.6) is 0 Å². The van der Waals surface area contributed by atoms with Gasteiger partial charge in [0, 0.05) is 0 Å². The van der Waals surface area contributed by atoms with Gasteiger partial charge >= 0.3 is 0 Å². The second-order valence-corrected chi connectivity index (χ2v) is 26.7. The van der Waals surface area contributed by atoms with E-state index in [2.05, 4.69) is 33.8 Å². The van der Waals surface area contributed by atoms with Gasteiger partial charge in [-0.3, -0.25) is 0 Å². The van der Waals surface area contributed by atoms with E-state index < -0.39 is 187 Å². The lowest BCUT2D eigenvalue weighted by molar-refractivity contribution is -0.377. The zero-order valence-corrected chi connectivity index (χ0v) is 49.1. The zero-order chi connectivity index (χ0) is 61.7. The van der Waals surface area contributed by atoms with Crippen LogP contribution in [0.25, 0.3) is 0 Å². The van der Waals surface area contributed by atoms with Gasteiger partial charge in [0.15, 0.2) is 31.5 Å². The van der Waals surface area contributed by atoms with E-state index in [1.54, 1.807) is 0 Å². The minimum atomic E-state index is -1.93. The molecule has 0 aromatic rings. The number of ether oxygens (including phenoxy) is 10. The average Bonchev–Trinajstić information content (AvgIpc) is 1.85. The monoisotopic (exact) mass is 1230 g/mol. The molecule has 0 radical (unpaired) electrons. The highest BCUT2D eigenvalue weighted by molar-refractivity contribution is 5.25. The molecule has 35 atom stereocenters. The van der Waals surface area contributed by atoms with E-state index in [9.17, 15) is 86.8 Å². The predicted octanol–water partition coefficient (Wildman–Crippen LogP) is -4.27. The molecule has 492 valence electrons. The summed E-state index contributed by atoms with van der Waals surface area (Å²) in [6.45, 7) is 7.89. The molecule has 85 heavy (non-hydrogen) atoms. The minimum Gasteiger partial charge on any atom is -0.394 e. The maximum Gasteiger partial charge on any atom is 0.187 e. The topological polar surface area (TPSA) is 436 Å². The Kier molecular flexibility index (Phi) is 22.6. The van der Waals surface area contributed by atoms with Crippen molar-refractivity contribution in [3.05, 3.63) is 11.6 Å². The first-order chi connectivity index (χ1) is 40.3. The third-order valence-electron chi connectivity index (χ3n) is 21.7. The Morgan fingerprint density at radius 1 is 0.471 bits per heavy atom. The van der Waals surface area contributed by atoms with Crippen molar-refractivity contribution in [1.29, 1.82) is 0 Å². The van der Waals surface area contributed by atoms with Gasteiger partial charge in [-0.15, -0.1) is 0 Å². The second kappa shape index (κ2) is 28.3. The van der Waals surface area contributed by atoms with Crippen LogP contribution in [0.15, 0.2) is 11.6 Å². The standard InChI is InChI=1S/C58H98O27/c1-23(6-7-24(2)29-10-11-30-28-9-8-26-16-27(12-14-57(26,4)31(28)13-15-58(29,30)5)78-53-46(72)41(67)37(63)32(17-59)79-53)25(3)21-76-56-51(85-55-48(74)43(69)39(65)34(19-61)81-55)44(70)40(66)36(83-56)22-77-52-49(75)45(71)50(35(20-62)82-52)84-54-47(73)42(68)38(64)33(18-60)80-54/h8,23-25,27-56,59-75H,6-7,9-22H2,1-5H3/t23-,24+,25?,27-,28-,29+,30-,31-,32+,33+,34+,35+,36+,37+,38+,39+,40+,41-,42-,43-,44-,45+,46+,47+,48+,49+,50+,51+,52+,53+,54-,55-,56+,57-,58+/m0/s1. The molecule has 5 saturated heterocycles. The Hall–Kier alpha value is -1.34. The highest BCUT2D eigenvalue weighted by Gasteiger charge is 2.60. The fraction of sp³-hybridized carbons (Fsp3) is 0.966. The minimum absolute atomic E-state index is 0.00843. The van der Waals surface area contributed by atoms with Gasteiger partial charge in [-0.2, -0.15) is 0 Å². The number of aliphatic hydroxyl groups is 17. The van der Waals surface area contributed by atoms with E-state index in [4.69, 9.17) is 47.4 Å². The molecule has 4 aliphatic carbocycles. The molecule has 5 aliphatic heterocycles. The van der Waals surface area contributed by atoms with Gasteiger partial charge in [-0.1, -0.05) is 59.1 Å². The molecular formula is C58H98O27. The van der Waals surface area contributed by atoms with Crippen LogP contribution in [0.3, 0.4) is 0 Å². The van der Waals surface area contributed by atoms with Gasteiger partial charge in [0.2, 0.25) is 0 Å². The van der Waals surface area contributed by atoms with Crippen molar-refractivity contribution in [3.63, 3.8) is 0 Å². The van der Waals surface area contributed by atoms with Crippen LogP contribution < -0.4 is 0 Å². The Bertz CT molecular complexity index is 2140. The van der Waals surface area contributed by atoms with Crippen LogP contribution in [-0.2, 0) is 47.4 Å². The smallest absolute Gasteiger partial charge is 0.187 e. The van der Waals surface area contributed by atoms with Crippen LogP contribution in [0.4, 0.5) is 0 Å². The number of aliphatic hydroxyl groups excluding tert-OH is 17. The van der Waals surface area contributed by atoms with Gasteiger partial charge in [0.1, 0.15) is 122 Å². The quantitative estimate of drug-likeness (QED) is 0.0484. The highest BCUT2D eigenvalue weighted by atomic mass is 16.8. The van der Waals surface area contributed by atoms with E-state index in [1.165, 1.54) is 5.57 Å². The van der Waals surface area contributed by atoms with Crippen molar-refractivity contribution in [3.8, 4) is 0 Å². The molecule has 0 amide bonds. The summed E-state index contributed by atoms with van der Waals surface area (Å²) in [6.07, 6.45) is -28.8. The first-order valence-electron chi connectivity index (χ1n) is 30.8. The molecule has 27 heteroatoms. The van der Waals surface area contributed by atoms with E-state index in [-0.39, 0.29) is 35.4 Å². The number of hydrogen-bond acceptors (Lipinski definition) is 27. The Morgan fingerprint density at radius 2 is 0.965 bits per heavy atom. The van der Waals surface area contributed by atoms with Crippen molar-refractivity contribution >= 4 is 0 Å². The van der Waals surface area contributed by atoms with Gasteiger partial charge < -0.3 is 134 Å². The molecule has 9 rings (SSSR count). The van der Waals surface area contributed by atoms with E-state index in [1.807, 2.05) is 6.92 Å². The molecule has 0 bridgehead atoms. The van der Waals surface area contributed by atoms with Gasteiger partial charge in [0.25, 0.3) is 0 Å². The summed E-state index contributed by atoms with van der Waals surface area (Å²) in [6, 6.07) is 0. The van der Waals surface area contributed by atoms with Gasteiger partial charge in [0.05, 0.1) is 45.7 Å². The number of fused-ring (bicyclic) bond motifs is 5. The van der Waals surface area contributed by atoms with Crippen molar-refractivity contribution in [2.75, 3.05) is 39.6 Å². The van der Waals surface area contributed by atoms with Crippen LogP contribution in [-0.4, -0.2) is 286 Å². The Balaban J connectivity index is 0.803. The van der Waals surface area contributed by atoms with Crippen molar-refractivity contribution in [2.45, 2.75) is 258 Å². The molecule has 0 aromatic heterocycles. The molecule has 0 spiro atoms. The Morgan fingerprint density at radius 3 is 1.53 bits per heavy atom. The third-order valence-corrected chi connectivity index (χ3v) is 21.7. The molecule has 8 fully saturated rings. The average molecular weight is 1230 g/mol. The SMILES string of the molecule is CC(CO[C@@H]1O[C@H](CO[C@@H]2O[C@H](CO)[C@@H](O[C@@H]3O[C@H](CO)[C@@H](O)[C@H](O)[C@H]3O)[C@H](O)[C@H]2O)[C@@H](O)[C@H](O)[C@H]1O[C@@H]1O[C@H](CO)[C@@H](O)[C@H](O)[C@H]1O)[C@@H](C)CC[C@@H](C)[C@H]1CC[C@H]2[C@@H]3CC=C4C[C@@H](O[C@@H]5O[C@H](CO)[C@@H](O)[C@H](O)[C@H]5O)CC[C@]4(C)[C@H]3CC[C@]12C. The molecule has 3 saturated carbocycles. The molecule has 17 N–H and O–H groups in total. The lowest BCUT2D eigenvalue weighted by Crippen LogP contribution is -2.66. The Labute approximate surface area is 494 Å². The van der Waals surface area contributed by atoms with Crippen molar-refractivity contribution < 1.29 is 134 Å². The van der Waals surface area contributed by atoms with Crippen LogP contribution in [0, 0.1) is 52.3 Å². The molecule has 9 aliphatic rings. The normalized spacial score (nSPS) is 51.4. The van der Waals surface area contributed by atoms with E-state index in [0.717, 1.165) is 57.8 Å². The third kappa shape index (κ3) is 13.5. The van der Waals surface area contributed by atoms with E-state index in [0.29, 0.717) is 36.0 Å². The summed E-state index contributed by atoms with van der Waals surface area (Å²) >= 11 is 0. The van der Waals surface area contributed by atoms with Crippen LogP contribution >= 0.6 is 0 Å². The lowest BCUT2D eigenvalue weighted by atomic mass is 9.47. The zero-order valence-electron chi connectivity index (χ0n) is 49.1. The van der Waals surface area contributed by atoms with E-state index >= 15 is 0 Å². The fourth-order valence-corrected chi connectivity index (χ4v) is 16.1. The van der Waals surface area contributed by atoms with Crippen LogP contribution in [0.1, 0.15) is 98.8 Å². The first kappa shape index (κ1) is 68.0. The summed E-state index contributed by atoms with van der Waals surface area (Å²) in [7, 11) is 0. The van der Waals surface area contributed by atoms with Crippen LogP contribution in [0.2, 0.25) is 0 Å². The molecular weight excluding hydrogens is 1130 g/mol. The molecule has 1 unspecified atom stereocenters. The summed E-state index contributed by atoms with van der Waals surface area (Å²) in [5, 5.41) is 179. The lowest BCUT2D eigenvalue weighted by Gasteiger charge is -2.58. The van der Waals surface area contributed by atoms with Gasteiger partial charge in [-0.25, -0.2) is 0 Å². The summed E-state index contributed by atoms with van der Waals surface area (Å²) < 4.78 is 58.7. The number of hydrogen-bond donors (Lipinski definition) is 17. The highest BCUT2D eigenvalue weighted by Crippen LogP contribution is 2.67. The van der Waals surface area contributed by atoms with Gasteiger partial charge in [-0.05, 0) is 104 Å². The number of allylic oxidation sites excluding steroid dienone is 1. The fourth-order valence-electron chi connectivity index (χ4n) is 16.1. The first-order valence-corrected chi connectivity index (χ1v) is 30.8. The second-order valence-electron chi connectivity index (χ2n) is 26.7. The predicted molar refractivity (Wildman–Crippen MR) is 288 cm³/mol. The maximum atomic E-state index is 11.7. The summed E-state index contributed by atoms with van der Waals surface area (Å²) in [5.74, 6) is 2.57. The summed E-state index contributed by atoms with van der Waals surface area (Å²) in [5.41, 5.74) is 1.55. The number of rotatable bonds is 21. The molecule has 27 nitrogen and oxygen atoms in total. The van der Waals surface area contributed by atoms with Crippen molar-refractivity contribution in [1.82, 2.24) is 0 Å². The largest absolute Gasteiger partial charge is 0.394 e. The molecule has 0 aromatic carbocycles. The summed E-state index contributed by atoms with van der Waals surface area (Å²) in [4.78, 5) is 0. The molecule has 5 heterocycles. The van der Waals surface area contributed by atoms with Crippen molar-refractivity contribution in [2.24, 2.45) is 52.3 Å².